The van der Waals surface area contributed by atoms with Gasteiger partial charge in [-0.3, -0.25) is 9.78 Å². The van der Waals surface area contributed by atoms with Crippen LogP contribution in [-0.4, -0.2) is 25.5 Å². The van der Waals surface area contributed by atoms with Crippen LogP contribution in [0.4, 0.5) is 0 Å². The maximum Gasteiger partial charge on any atom is 0.338 e. The minimum atomic E-state index is -0.584. The number of aromatic nitrogens is 4. The highest BCUT2D eigenvalue weighted by atomic mass is 16.5. The molecule has 0 fully saturated rings. The first-order valence-corrected chi connectivity index (χ1v) is 9.54. The van der Waals surface area contributed by atoms with Gasteiger partial charge in [-0.15, -0.1) is 0 Å². The molecule has 0 radical (unpaired) electrons. The Kier molecular flexibility index (Phi) is 4.44. The lowest BCUT2D eigenvalue weighted by atomic mass is 10.1. The molecular formula is C23H16N4O4. The molecule has 0 saturated carbocycles. The predicted molar refractivity (Wildman–Crippen MR) is 115 cm³/mol. The normalized spacial score (nSPS) is 11.1. The third-order valence-corrected chi connectivity index (χ3v) is 4.95. The molecule has 0 bridgehead atoms. The minimum absolute atomic E-state index is 0.0410. The SMILES string of the molecule is O=C(OCc1cc2ncccc2[nH]1)c1ccc2c(=O)n(-c3ccccc3)c(=O)[nH]c2c1. The number of pyridine rings is 1. The van der Waals surface area contributed by atoms with Crippen molar-refractivity contribution in [1.29, 1.82) is 0 Å². The lowest BCUT2D eigenvalue weighted by Gasteiger charge is -2.08. The summed E-state index contributed by atoms with van der Waals surface area (Å²) in [5.41, 5.74) is 2.27. The molecule has 0 aliphatic carbocycles. The summed E-state index contributed by atoms with van der Waals surface area (Å²) >= 11 is 0. The number of aromatic amines is 2. The molecule has 8 heteroatoms. The summed E-state index contributed by atoms with van der Waals surface area (Å²) in [6, 6.07) is 18.6. The Balaban J connectivity index is 1.43. The lowest BCUT2D eigenvalue weighted by molar-refractivity contribution is 0.0468. The van der Waals surface area contributed by atoms with Crippen molar-refractivity contribution in [3.63, 3.8) is 0 Å². The van der Waals surface area contributed by atoms with E-state index in [4.69, 9.17) is 4.74 Å². The lowest BCUT2D eigenvalue weighted by Crippen LogP contribution is -2.33. The van der Waals surface area contributed by atoms with Crippen LogP contribution in [0.1, 0.15) is 16.1 Å². The average Bonchev–Trinajstić information content (AvgIpc) is 3.21. The van der Waals surface area contributed by atoms with Crippen LogP contribution in [0.15, 0.2) is 82.5 Å². The van der Waals surface area contributed by atoms with Gasteiger partial charge < -0.3 is 14.7 Å². The number of benzene rings is 2. The van der Waals surface area contributed by atoms with E-state index in [1.807, 2.05) is 18.2 Å². The van der Waals surface area contributed by atoms with Gasteiger partial charge in [0.25, 0.3) is 5.56 Å². The standard InChI is InChI=1S/C23H16N4O4/c28-21-17-9-8-14(11-19(17)26-23(30)27(21)16-5-2-1-3-6-16)22(29)31-13-15-12-20-18(25-15)7-4-10-24-20/h1-12,25H,13H2,(H,26,30). The van der Waals surface area contributed by atoms with Crippen molar-refractivity contribution in [2.45, 2.75) is 6.61 Å². The van der Waals surface area contributed by atoms with Gasteiger partial charge in [-0.2, -0.15) is 0 Å². The Labute approximate surface area is 174 Å². The number of ether oxygens (including phenoxy) is 1. The number of nitrogens with zero attached hydrogens (tertiary/aromatic N) is 2. The number of fused-ring (bicyclic) bond motifs is 2. The number of esters is 1. The number of carbonyl (C=O) groups is 1. The number of H-pyrrole nitrogens is 2. The summed E-state index contributed by atoms with van der Waals surface area (Å²) in [5.74, 6) is -0.568. The van der Waals surface area contributed by atoms with E-state index in [1.165, 1.54) is 18.2 Å². The molecule has 2 aromatic carbocycles. The molecule has 0 saturated heterocycles. The number of hydrogen-bond donors (Lipinski definition) is 2. The highest BCUT2D eigenvalue weighted by Gasteiger charge is 2.14. The Hall–Kier alpha value is -4.46. The summed E-state index contributed by atoms with van der Waals surface area (Å²) in [7, 11) is 0. The van der Waals surface area contributed by atoms with Crippen LogP contribution < -0.4 is 11.2 Å². The highest BCUT2D eigenvalue weighted by Crippen LogP contribution is 2.15. The van der Waals surface area contributed by atoms with Gasteiger partial charge in [-0.05, 0) is 48.5 Å². The molecule has 5 rings (SSSR count). The van der Waals surface area contributed by atoms with Crippen molar-refractivity contribution in [1.82, 2.24) is 19.5 Å². The van der Waals surface area contributed by atoms with Gasteiger partial charge in [0.2, 0.25) is 0 Å². The quantitative estimate of drug-likeness (QED) is 0.441. The van der Waals surface area contributed by atoms with E-state index in [1.54, 1.807) is 36.5 Å². The zero-order chi connectivity index (χ0) is 21.4. The molecule has 31 heavy (non-hydrogen) atoms. The zero-order valence-corrected chi connectivity index (χ0v) is 16.2. The fourth-order valence-corrected chi connectivity index (χ4v) is 3.47. The van der Waals surface area contributed by atoms with Gasteiger partial charge in [0.05, 0.1) is 38.9 Å². The van der Waals surface area contributed by atoms with Crippen LogP contribution >= 0.6 is 0 Å². The van der Waals surface area contributed by atoms with Crippen molar-refractivity contribution in [3.05, 3.63) is 105 Å². The molecule has 0 unspecified atom stereocenters. The summed E-state index contributed by atoms with van der Waals surface area (Å²) in [6.07, 6.45) is 1.69. The Bertz CT molecular complexity index is 1510. The van der Waals surface area contributed by atoms with Crippen LogP contribution in [-0.2, 0) is 11.3 Å². The summed E-state index contributed by atoms with van der Waals surface area (Å²) in [4.78, 5) is 47.9. The van der Waals surface area contributed by atoms with Crippen LogP contribution in [0.2, 0.25) is 0 Å². The summed E-state index contributed by atoms with van der Waals surface area (Å²) in [6.45, 7) is 0.0410. The Morgan fingerprint density at radius 3 is 2.58 bits per heavy atom. The Morgan fingerprint density at radius 1 is 0.935 bits per heavy atom. The maximum absolute atomic E-state index is 12.8. The predicted octanol–water partition coefficient (Wildman–Crippen LogP) is 2.91. The number of para-hydroxylation sites is 1. The molecule has 0 aliphatic rings. The first-order chi connectivity index (χ1) is 15.1. The highest BCUT2D eigenvalue weighted by molar-refractivity contribution is 5.94. The second-order valence-electron chi connectivity index (χ2n) is 6.97. The van der Waals surface area contributed by atoms with E-state index < -0.39 is 17.2 Å². The number of carbonyl (C=O) groups excluding carboxylic acids is 1. The van der Waals surface area contributed by atoms with Gasteiger partial charge in [-0.1, -0.05) is 18.2 Å². The fourth-order valence-electron chi connectivity index (χ4n) is 3.47. The third-order valence-electron chi connectivity index (χ3n) is 4.95. The van der Waals surface area contributed by atoms with E-state index in [2.05, 4.69) is 15.0 Å². The summed E-state index contributed by atoms with van der Waals surface area (Å²) in [5, 5.41) is 0.293. The smallest absolute Gasteiger partial charge is 0.338 e. The second-order valence-corrected chi connectivity index (χ2v) is 6.97. The average molecular weight is 412 g/mol. The van der Waals surface area contributed by atoms with Crippen LogP contribution in [0.5, 0.6) is 0 Å². The van der Waals surface area contributed by atoms with Crippen molar-refractivity contribution >= 4 is 27.9 Å². The summed E-state index contributed by atoms with van der Waals surface area (Å²) < 4.78 is 6.43. The van der Waals surface area contributed by atoms with Gasteiger partial charge in [0, 0.05) is 6.20 Å². The van der Waals surface area contributed by atoms with Crippen molar-refractivity contribution in [2.24, 2.45) is 0 Å². The second kappa shape index (κ2) is 7.42. The maximum atomic E-state index is 12.8. The first kappa shape index (κ1) is 18.6. The molecule has 8 nitrogen and oxygen atoms in total. The molecule has 152 valence electrons. The Morgan fingerprint density at radius 2 is 1.77 bits per heavy atom. The zero-order valence-electron chi connectivity index (χ0n) is 16.2. The molecule has 2 N–H and O–H groups in total. The molecule has 0 atom stereocenters. The molecule has 5 aromatic rings. The molecule has 0 spiro atoms. The molecule has 0 amide bonds. The number of rotatable bonds is 4. The fraction of sp³-hybridized carbons (Fsp3) is 0.0435. The van der Waals surface area contributed by atoms with E-state index in [-0.39, 0.29) is 17.7 Å². The molecule has 0 aliphatic heterocycles. The van der Waals surface area contributed by atoms with Crippen molar-refractivity contribution < 1.29 is 9.53 Å². The molecule has 3 aromatic heterocycles. The van der Waals surface area contributed by atoms with Crippen LogP contribution in [0.25, 0.3) is 27.6 Å². The van der Waals surface area contributed by atoms with Gasteiger partial charge in [0.1, 0.15) is 6.61 Å². The van der Waals surface area contributed by atoms with Gasteiger partial charge in [0.15, 0.2) is 0 Å². The van der Waals surface area contributed by atoms with Gasteiger partial charge in [-0.25, -0.2) is 14.2 Å². The van der Waals surface area contributed by atoms with E-state index >= 15 is 0 Å². The first-order valence-electron chi connectivity index (χ1n) is 9.54. The third kappa shape index (κ3) is 3.40. The topological polar surface area (TPSA) is 110 Å². The number of hydrogen-bond acceptors (Lipinski definition) is 5. The van der Waals surface area contributed by atoms with Crippen molar-refractivity contribution in [3.8, 4) is 5.69 Å². The largest absolute Gasteiger partial charge is 0.456 e. The van der Waals surface area contributed by atoms with Crippen LogP contribution in [0, 0.1) is 0 Å². The van der Waals surface area contributed by atoms with E-state index in [0.717, 1.165) is 15.6 Å². The number of nitrogens with one attached hydrogen (secondary N) is 2. The van der Waals surface area contributed by atoms with E-state index in [9.17, 15) is 14.4 Å². The van der Waals surface area contributed by atoms with Crippen molar-refractivity contribution in [2.75, 3.05) is 0 Å². The molecule has 3 heterocycles. The molecular weight excluding hydrogens is 396 g/mol. The van der Waals surface area contributed by atoms with Gasteiger partial charge >= 0.3 is 11.7 Å². The monoisotopic (exact) mass is 412 g/mol. The van der Waals surface area contributed by atoms with E-state index in [0.29, 0.717) is 16.8 Å². The van der Waals surface area contributed by atoms with Crippen LogP contribution in [0.3, 0.4) is 0 Å². The minimum Gasteiger partial charge on any atom is -0.456 e.